The van der Waals surface area contributed by atoms with Crippen LogP contribution in [0.25, 0.3) is 0 Å². The first-order valence-corrected chi connectivity index (χ1v) is 9.19. The highest BCUT2D eigenvalue weighted by Gasteiger charge is 2.41. The van der Waals surface area contributed by atoms with Crippen LogP contribution in [0.15, 0.2) is 0 Å². The topological polar surface area (TPSA) is 87.3 Å². The van der Waals surface area contributed by atoms with Crippen LogP contribution in [0.2, 0.25) is 0 Å². The normalized spacial score (nSPS) is 16.5. The summed E-state index contributed by atoms with van der Waals surface area (Å²) in [6, 6.07) is 0.0580. The van der Waals surface area contributed by atoms with Gasteiger partial charge in [0.15, 0.2) is 0 Å². The maximum absolute atomic E-state index is 12.8. The van der Waals surface area contributed by atoms with E-state index in [1.807, 2.05) is 20.8 Å². The molecule has 0 aromatic carbocycles. The van der Waals surface area contributed by atoms with Gasteiger partial charge in [-0.05, 0) is 40.0 Å². The minimum absolute atomic E-state index is 0.0580. The van der Waals surface area contributed by atoms with Gasteiger partial charge in [0.25, 0.3) is 0 Å². The van der Waals surface area contributed by atoms with Crippen molar-refractivity contribution in [2.24, 2.45) is 11.8 Å². The average molecular weight is 355 g/mol. The van der Waals surface area contributed by atoms with Crippen LogP contribution in [-0.2, 0) is 14.4 Å². The molecule has 6 nitrogen and oxygen atoms in total. The third-order valence-electron chi connectivity index (χ3n) is 5.23. The summed E-state index contributed by atoms with van der Waals surface area (Å²) in [5, 5.41) is 8.45. The lowest BCUT2D eigenvalue weighted by Gasteiger charge is -2.37. The van der Waals surface area contributed by atoms with Crippen LogP contribution in [0.3, 0.4) is 0 Å². The van der Waals surface area contributed by atoms with Gasteiger partial charge in [-0.1, -0.05) is 40.5 Å². The number of amides is 3. The van der Waals surface area contributed by atoms with E-state index < -0.39 is 17.0 Å². The van der Waals surface area contributed by atoms with E-state index in [2.05, 4.69) is 22.9 Å². The Morgan fingerprint density at radius 1 is 1.08 bits per heavy atom. The molecule has 0 aromatic heterocycles. The molecule has 0 saturated heterocycles. The highest BCUT2D eigenvalue weighted by molar-refractivity contribution is 5.92. The lowest BCUT2D eigenvalue weighted by atomic mass is 9.83. The maximum Gasteiger partial charge on any atom is 0.309 e. The molecular formula is C19H36N3O3. The molecule has 25 heavy (non-hydrogen) atoms. The van der Waals surface area contributed by atoms with E-state index in [0.717, 1.165) is 19.3 Å². The van der Waals surface area contributed by atoms with Crippen molar-refractivity contribution in [1.29, 1.82) is 0 Å². The van der Waals surface area contributed by atoms with Crippen molar-refractivity contribution in [2.45, 2.75) is 91.8 Å². The molecule has 0 aliphatic rings. The van der Waals surface area contributed by atoms with Gasteiger partial charge >= 0.3 is 6.41 Å². The fourth-order valence-corrected chi connectivity index (χ4v) is 2.35. The number of hydrogen-bond acceptors (Lipinski definition) is 3. The summed E-state index contributed by atoms with van der Waals surface area (Å²) in [7, 11) is 0. The smallest absolute Gasteiger partial charge is 0.309 e. The molecule has 0 aliphatic carbocycles. The Kier molecular flexibility index (Phi) is 9.16. The van der Waals surface area contributed by atoms with Gasteiger partial charge in [0.05, 0.1) is 5.92 Å². The Morgan fingerprint density at radius 3 is 2.08 bits per heavy atom. The number of carbonyl (C=O) groups is 2. The summed E-state index contributed by atoms with van der Waals surface area (Å²) in [5.41, 5.74) is -1.78. The molecular weight excluding hydrogens is 318 g/mol. The summed E-state index contributed by atoms with van der Waals surface area (Å²) in [6.07, 6.45) is 4.67. The van der Waals surface area contributed by atoms with Crippen LogP contribution in [0.4, 0.5) is 0 Å². The highest BCUT2D eigenvalue weighted by atomic mass is 16.2. The van der Waals surface area contributed by atoms with E-state index >= 15 is 0 Å². The number of nitrogens with one attached hydrogen (secondary N) is 3. The molecule has 0 heterocycles. The van der Waals surface area contributed by atoms with Gasteiger partial charge in [-0.15, -0.1) is 0 Å². The maximum atomic E-state index is 12.8. The van der Waals surface area contributed by atoms with Crippen molar-refractivity contribution in [3.8, 4) is 0 Å². The summed E-state index contributed by atoms with van der Waals surface area (Å²) in [4.78, 5) is 36.1. The second-order valence-corrected chi connectivity index (χ2v) is 8.03. The fourth-order valence-electron chi connectivity index (χ4n) is 2.35. The van der Waals surface area contributed by atoms with Gasteiger partial charge in [-0.3, -0.25) is 14.4 Å². The van der Waals surface area contributed by atoms with Crippen LogP contribution in [0.1, 0.15) is 74.7 Å². The molecule has 0 saturated carbocycles. The Bertz CT molecular complexity index is 463. The van der Waals surface area contributed by atoms with Crippen molar-refractivity contribution in [1.82, 2.24) is 16.0 Å². The Morgan fingerprint density at radius 2 is 1.64 bits per heavy atom. The van der Waals surface area contributed by atoms with Gasteiger partial charge in [0.1, 0.15) is 5.54 Å². The van der Waals surface area contributed by atoms with Crippen LogP contribution in [-0.4, -0.2) is 35.3 Å². The van der Waals surface area contributed by atoms with Crippen LogP contribution in [0.5, 0.6) is 0 Å². The Hall–Kier alpha value is -1.59. The Labute approximate surface area is 152 Å². The fraction of sp³-hybridized carbons (Fsp3) is 0.842. The predicted octanol–water partition coefficient (Wildman–Crippen LogP) is 2.28. The summed E-state index contributed by atoms with van der Waals surface area (Å²) < 4.78 is 0. The predicted molar refractivity (Wildman–Crippen MR) is 101 cm³/mol. The molecule has 3 amide bonds. The quantitative estimate of drug-likeness (QED) is 0.498. The van der Waals surface area contributed by atoms with E-state index in [1.165, 1.54) is 0 Å². The molecule has 0 fully saturated rings. The van der Waals surface area contributed by atoms with Gasteiger partial charge in [0.2, 0.25) is 11.8 Å². The van der Waals surface area contributed by atoms with Crippen LogP contribution in [0, 0.1) is 11.8 Å². The number of carbonyl (C=O) groups excluding carboxylic acids is 3. The number of hydrogen-bond donors (Lipinski definition) is 3. The SMILES string of the molecule is CCCCC(C)NC(=O)C(C)(NC(=O)C(C)C(C)(C)N[C]=O)C(C)C. The molecule has 3 unspecified atom stereocenters. The van der Waals surface area contributed by atoms with E-state index in [1.54, 1.807) is 34.1 Å². The molecule has 0 spiro atoms. The lowest BCUT2D eigenvalue weighted by molar-refractivity contribution is -0.137. The third kappa shape index (κ3) is 6.67. The van der Waals surface area contributed by atoms with Crippen LogP contribution >= 0.6 is 0 Å². The van der Waals surface area contributed by atoms with Gasteiger partial charge in [0, 0.05) is 11.6 Å². The monoisotopic (exact) mass is 354 g/mol. The molecule has 0 aromatic rings. The minimum Gasteiger partial charge on any atom is -0.352 e. The van der Waals surface area contributed by atoms with E-state index in [-0.39, 0.29) is 23.8 Å². The van der Waals surface area contributed by atoms with E-state index in [4.69, 9.17) is 0 Å². The molecule has 1 radical (unpaired) electrons. The first-order chi connectivity index (χ1) is 11.4. The second kappa shape index (κ2) is 9.78. The van der Waals surface area contributed by atoms with E-state index in [0.29, 0.717) is 0 Å². The average Bonchev–Trinajstić information content (AvgIpc) is 2.51. The molecule has 6 heteroatoms. The van der Waals surface area contributed by atoms with Crippen molar-refractivity contribution in [3.63, 3.8) is 0 Å². The zero-order valence-electron chi connectivity index (χ0n) is 17.1. The van der Waals surface area contributed by atoms with Gasteiger partial charge in [-0.25, -0.2) is 0 Å². The third-order valence-corrected chi connectivity index (χ3v) is 5.23. The summed E-state index contributed by atoms with van der Waals surface area (Å²) >= 11 is 0. The van der Waals surface area contributed by atoms with Crippen molar-refractivity contribution in [3.05, 3.63) is 0 Å². The molecule has 0 bridgehead atoms. The number of rotatable bonds is 11. The van der Waals surface area contributed by atoms with Gasteiger partial charge in [-0.2, -0.15) is 0 Å². The molecule has 3 atom stereocenters. The molecule has 0 aliphatic heterocycles. The minimum atomic E-state index is -1.02. The van der Waals surface area contributed by atoms with Crippen molar-refractivity contribution in [2.75, 3.05) is 0 Å². The van der Waals surface area contributed by atoms with E-state index in [9.17, 15) is 14.4 Å². The molecule has 3 N–H and O–H groups in total. The Balaban J connectivity index is 5.16. The largest absolute Gasteiger partial charge is 0.352 e. The van der Waals surface area contributed by atoms with Crippen molar-refractivity contribution < 1.29 is 14.4 Å². The second-order valence-electron chi connectivity index (χ2n) is 8.03. The standard InChI is InChI=1S/C19H36N3O3/c1-9-10-11-14(4)21-17(25)19(8,13(2)3)22-16(24)15(5)18(6,7)20-12-23/h13-15H,9-11H2,1-8H3,(H,20,23)(H,21,25)(H,22,24). The molecule has 145 valence electrons. The lowest BCUT2D eigenvalue weighted by Crippen LogP contribution is -2.63. The zero-order valence-corrected chi connectivity index (χ0v) is 17.1. The molecule has 0 rings (SSSR count). The van der Waals surface area contributed by atoms with Gasteiger partial charge < -0.3 is 16.0 Å². The first kappa shape index (κ1) is 23.4. The zero-order chi connectivity index (χ0) is 19.8. The summed E-state index contributed by atoms with van der Waals surface area (Å²) in [6.45, 7) is 14.9. The first-order valence-electron chi connectivity index (χ1n) is 9.19. The highest BCUT2D eigenvalue weighted by Crippen LogP contribution is 2.22. The van der Waals surface area contributed by atoms with Crippen molar-refractivity contribution >= 4 is 18.2 Å². The van der Waals surface area contributed by atoms with Crippen LogP contribution < -0.4 is 16.0 Å². The number of unbranched alkanes of at least 4 members (excludes halogenated alkanes) is 1. The summed E-state index contributed by atoms with van der Waals surface area (Å²) in [5.74, 6) is -1.06.